The zero-order valence-corrected chi connectivity index (χ0v) is 13.1. The fourth-order valence-electron chi connectivity index (χ4n) is 3.02. The van der Waals surface area contributed by atoms with Gasteiger partial charge in [-0.3, -0.25) is 4.79 Å². The number of nitriles is 1. The van der Waals surface area contributed by atoms with Crippen LogP contribution >= 0.6 is 11.3 Å². The van der Waals surface area contributed by atoms with Crippen molar-refractivity contribution in [1.82, 2.24) is 4.98 Å². The van der Waals surface area contributed by atoms with Gasteiger partial charge in [-0.25, -0.2) is 4.98 Å². The third-order valence-electron chi connectivity index (χ3n) is 3.93. The molecule has 1 heterocycles. The van der Waals surface area contributed by atoms with Crippen LogP contribution in [0.25, 0.3) is 0 Å². The van der Waals surface area contributed by atoms with E-state index in [2.05, 4.69) is 30.2 Å². The molecule has 2 rings (SSSR count). The van der Waals surface area contributed by atoms with Crippen LogP contribution in [-0.2, 0) is 4.79 Å². The van der Waals surface area contributed by atoms with Gasteiger partial charge >= 0.3 is 0 Å². The van der Waals surface area contributed by atoms with E-state index in [1.54, 1.807) is 6.92 Å². The molecular weight excluding hydrogens is 270 g/mol. The summed E-state index contributed by atoms with van der Waals surface area (Å²) in [5.41, 5.74) is 1.04. The number of hydrogen-bond acceptors (Lipinski definition) is 4. The Morgan fingerprint density at radius 3 is 2.95 bits per heavy atom. The van der Waals surface area contributed by atoms with Crippen LogP contribution in [0.5, 0.6) is 0 Å². The van der Waals surface area contributed by atoms with Crippen molar-refractivity contribution in [2.45, 2.75) is 52.9 Å². The maximum Gasteiger partial charge on any atom is 0.226 e. The average Bonchev–Trinajstić information content (AvgIpc) is 2.67. The second-order valence-electron chi connectivity index (χ2n) is 6.42. The van der Waals surface area contributed by atoms with Crippen molar-refractivity contribution in [2.75, 3.05) is 5.32 Å². The molecule has 5 heteroatoms. The first-order valence-corrected chi connectivity index (χ1v) is 7.89. The Kier molecular flexibility index (Phi) is 4.44. The van der Waals surface area contributed by atoms with Gasteiger partial charge in [0.15, 0.2) is 5.13 Å². The van der Waals surface area contributed by atoms with E-state index in [0.29, 0.717) is 33.5 Å². The lowest BCUT2D eigenvalue weighted by Gasteiger charge is -2.34. The van der Waals surface area contributed by atoms with Crippen LogP contribution in [-0.4, -0.2) is 10.9 Å². The highest BCUT2D eigenvalue weighted by Crippen LogP contribution is 2.39. The molecule has 0 bridgehead atoms. The van der Waals surface area contributed by atoms with E-state index in [-0.39, 0.29) is 5.91 Å². The molecule has 1 fully saturated rings. The first-order chi connectivity index (χ1) is 9.39. The van der Waals surface area contributed by atoms with E-state index in [1.165, 1.54) is 24.2 Å². The summed E-state index contributed by atoms with van der Waals surface area (Å²) in [4.78, 5) is 16.8. The molecule has 0 aromatic carbocycles. The third-order valence-corrected chi connectivity index (χ3v) is 4.90. The number of hydrogen-bond donors (Lipinski definition) is 1. The van der Waals surface area contributed by atoms with Crippen molar-refractivity contribution in [3.8, 4) is 6.07 Å². The number of amides is 1. The summed E-state index contributed by atoms with van der Waals surface area (Å²) < 4.78 is 0. The molecule has 1 aliphatic carbocycles. The van der Waals surface area contributed by atoms with E-state index in [0.717, 1.165) is 12.8 Å². The highest BCUT2D eigenvalue weighted by Gasteiger charge is 2.29. The van der Waals surface area contributed by atoms with Crippen LogP contribution in [0.2, 0.25) is 0 Å². The van der Waals surface area contributed by atoms with Crippen molar-refractivity contribution in [3.63, 3.8) is 0 Å². The molecule has 0 radical (unpaired) electrons. The number of anilines is 1. The monoisotopic (exact) mass is 291 g/mol. The fourth-order valence-corrected chi connectivity index (χ4v) is 3.80. The number of nitrogens with zero attached hydrogens (tertiary/aromatic N) is 2. The van der Waals surface area contributed by atoms with E-state index in [1.807, 2.05) is 0 Å². The zero-order chi connectivity index (χ0) is 14.8. The molecule has 4 nitrogen and oxygen atoms in total. The molecule has 1 N–H and O–H groups in total. The van der Waals surface area contributed by atoms with Gasteiger partial charge < -0.3 is 5.32 Å². The number of aromatic nitrogens is 1. The van der Waals surface area contributed by atoms with Crippen LogP contribution < -0.4 is 5.32 Å². The molecule has 20 heavy (non-hydrogen) atoms. The summed E-state index contributed by atoms with van der Waals surface area (Å²) in [6.07, 6.45) is 5.27. The third kappa shape index (κ3) is 3.80. The number of aryl methyl sites for hydroxylation is 1. The molecular formula is C15H21N3OS. The Labute approximate surface area is 124 Å². The summed E-state index contributed by atoms with van der Waals surface area (Å²) in [6, 6.07) is 2.09. The summed E-state index contributed by atoms with van der Waals surface area (Å²) in [5, 5.41) is 12.3. The standard InChI is InChI=1S/C15H21N3OS/c1-10-12(9-16)20-14(17-10)18-13(19)7-11-5-4-6-15(2,3)8-11/h11H,4-8H2,1-3H3,(H,17,18,19). The highest BCUT2D eigenvalue weighted by atomic mass is 32.1. The van der Waals surface area contributed by atoms with Gasteiger partial charge in [0.05, 0.1) is 5.69 Å². The minimum absolute atomic E-state index is 0.0194. The number of carbonyl (C=O) groups excluding carboxylic acids is 1. The zero-order valence-electron chi connectivity index (χ0n) is 12.3. The maximum atomic E-state index is 12.1. The predicted molar refractivity (Wildman–Crippen MR) is 80.6 cm³/mol. The second kappa shape index (κ2) is 5.92. The number of nitrogens with one attached hydrogen (secondary N) is 1. The van der Waals surface area contributed by atoms with E-state index in [9.17, 15) is 4.79 Å². The Hall–Kier alpha value is -1.41. The van der Waals surface area contributed by atoms with Gasteiger partial charge in [0.1, 0.15) is 10.9 Å². The van der Waals surface area contributed by atoms with Gasteiger partial charge in [0, 0.05) is 6.42 Å². The Bertz CT molecular complexity index is 542. The van der Waals surface area contributed by atoms with Crippen molar-refractivity contribution < 1.29 is 4.79 Å². The summed E-state index contributed by atoms with van der Waals surface area (Å²) in [5.74, 6) is 0.487. The molecule has 1 saturated carbocycles. The lowest BCUT2D eigenvalue weighted by atomic mass is 9.71. The molecule has 1 aliphatic rings. The first kappa shape index (κ1) is 15.0. The minimum atomic E-state index is 0.0194. The lowest BCUT2D eigenvalue weighted by molar-refractivity contribution is -0.117. The Morgan fingerprint density at radius 2 is 2.35 bits per heavy atom. The van der Waals surface area contributed by atoms with Crippen molar-refractivity contribution in [3.05, 3.63) is 10.6 Å². The number of carbonyl (C=O) groups is 1. The number of thiazole rings is 1. The molecule has 1 aromatic heterocycles. The van der Waals surface area contributed by atoms with Crippen LogP contribution in [0.15, 0.2) is 0 Å². The number of rotatable bonds is 3. The van der Waals surface area contributed by atoms with Gasteiger partial charge in [-0.05, 0) is 37.5 Å². The molecule has 0 spiro atoms. The van der Waals surface area contributed by atoms with Crippen molar-refractivity contribution in [1.29, 1.82) is 5.26 Å². The van der Waals surface area contributed by atoms with Crippen LogP contribution in [0.3, 0.4) is 0 Å². The van der Waals surface area contributed by atoms with Gasteiger partial charge in [-0.15, -0.1) is 0 Å². The van der Waals surface area contributed by atoms with Gasteiger partial charge in [-0.1, -0.05) is 31.6 Å². The molecule has 1 aromatic rings. The van der Waals surface area contributed by atoms with Crippen LogP contribution in [0.4, 0.5) is 5.13 Å². The second-order valence-corrected chi connectivity index (χ2v) is 7.42. The SMILES string of the molecule is Cc1nc(NC(=O)CC2CCCC(C)(C)C2)sc1C#N. The Balaban J connectivity index is 1.90. The molecule has 0 saturated heterocycles. The van der Waals surface area contributed by atoms with E-state index >= 15 is 0 Å². The smallest absolute Gasteiger partial charge is 0.226 e. The summed E-state index contributed by atoms with van der Waals surface area (Å²) >= 11 is 1.25. The Morgan fingerprint density at radius 1 is 1.60 bits per heavy atom. The van der Waals surface area contributed by atoms with Gasteiger partial charge in [0.25, 0.3) is 0 Å². The fraction of sp³-hybridized carbons (Fsp3) is 0.667. The molecule has 0 aliphatic heterocycles. The van der Waals surface area contributed by atoms with E-state index in [4.69, 9.17) is 5.26 Å². The lowest BCUT2D eigenvalue weighted by Crippen LogP contribution is -2.26. The highest BCUT2D eigenvalue weighted by molar-refractivity contribution is 7.16. The van der Waals surface area contributed by atoms with Gasteiger partial charge in [-0.2, -0.15) is 5.26 Å². The first-order valence-electron chi connectivity index (χ1n) is 7.07. The quantitative estimate of drug-likeness (QED) is 0.919. The summed E-state index contributed by atoms with van der Waals surface area (Å²) in [6.45, 7) is 6.34. The molecule has 1 unspecified atom stereocenters. The van der Waals surface area contributed by atoms with Gasteiger partial charge in [0.2, 0.25) is 5.91 Å². The molecule has 1 amide bonds. The minimum Gasteiger partial charge on any atom is -0.302 e. The molecule has 1 atom stereocenters. The predicted octanol–water partition coefficient (Wildman–Crippen LogP) is 3.87. The van der Waals surface area contributed by atoms with Crippen LogP contribution in [0.1, 0.15) is 56.5 Å². The average molecular weight is 291 g/mol. The topological polar surface area (TPSA) is 65.8 Å². The molecule has 108 valence electrons. The largest absolute Gasteiger partial charge is 0.302 e. The summed E-state index contributed by atoms with van der Waals surface area (Å²) in [7, 11) is 0. The van der Waals surface area contributed by atoms with Crippen molar-refractivity contribution >= 4 is 22.4 Å². The normalized spacial score (nSPS) is 21.2. The maximum absolute atomic E-state index is 12.1. The van der Waals surface area contributed by atoms with E-state index < -0.39 is 0 Å². The van der Waals surface area contributed by atoms with Crippen LogP contribution in [0, 0.1) is 29.6 Å². The van der Waals surface area contributed by atoms with Crippen molar-refractivity contribution in [2.24, 2.45) is 11.3 Å².